The number of benzene rings is 3. The zero-order valence-corrected chi connectivity index (χ0v) is 27.3. The molecule has 3 aromatic rings. The number of piperidine rings is 1. The normalized spacial score (nSPS) is 18.8. The number of hydrogen-bond donors (Lipinski definition) is 2. The molecular formula is C37H49N3O5. The van der Waals surface area contributed by atoms with Crippen molar-refractivity contribution in [1.82, 2.24) is 10.6 Å². The average Bonchev–Trinajstić information content (AvgIpc) is 3.30. The summed E-state index contributed by atoms with van der Waals surface area (Å²) in [4.78, 5) is 13.8. The molecule has 2 N–H and O–H groups in total. The summed E-state index contributed by atoms with van der Waals surface area (Å²) in [7, 11) is 1.68. The molecule has 2 atom stereocenters. The van der Waals surface area contributed by atoms with E-state index in [1.807, 2.05) is 24.3 Å². The summed E-state index contributed by atoms with van der Waals surface area (Å²) >= 11 is 0. The molecule has 0 aromatic heterocycles. The van der Waals surface area contributed by atoms with Crippen molar-refractivity contribution in [2.75, 3.05) is 57.9 Å². The molecule has 3 aromatic carbocycles. The average molecular weight is 616 g/mol. The van der Waals surface area contributed by atoms with Crippen LogP contribution in [-0.2, 0) is 32.9 Å². The largest absolute Gasteiger partial charge is 0.496 e. The second kappa shape index (κ2) is 15.6. The zero-order valence-electron chi connectivity index (χ0n) is 27.3. The lowest BCUT2D eigenvalue weighted by Crippen LogP contribution is -2.40. The highest BCUT2D eigenvalue weighted by Crippen LogP contribution is 2.41. The number of methoxy groups -OCH3 is 1. The van der Waals surface area contributed by atoms with E-state index in [-0.39, 0.29) is 17.4 Å². The number of para-hydroxylation sites is 1. The van der Waals surface area contributed by atoms with Gasteiger partial charge in [0.1, 0.15) is 11.5 Å². The molecule has 0 aliphatic carbocycles. The Bertz CT molecular complexity index is 1390. The second-order valence-corrected chi connectivity index (χ2v) is 12.7. The van der Waals surface area contributed by atoms with E-state index in [1.165, 1.54) is 22.4 Å². The van der Waals surface area contributed by atoms with Gasteiger partial charge in [-0.15, -0.1) is 0 Å². The van der Waals surface area contributed by atoms with Gasteiger partial charge in [0.05, 0.1) is 39.6 Å². The van der Waals surface area contributed by atoms with Gasteiger partial charge in [-0.1, -0.05) is 56.3 Å². The van der Waals surface area contributed by atoms with E-state index in [2.05, 4.69) is 71.8 Å². The van der Waals surface area contributed by atoms with E-state index in [9.17, 15) is 4.79 Å². The first-order chi connectivity index (χ1) is 21.8. The van der Waals surface area contributed by atoms with Gasteiger partial charge < -0.3 is 34.5 Å². The maximum atomic E-state index is 11.4. The molecule has 45 heavy (non-hydrogen) atoms. The summed E-state index contributed by atoms with van der Waals surface area (Å²) in [5, 5.41) is 6.46. The number of nitrogens with zero attached hydrogens (tertiary/aromatic N) is 1. The van der Waals surface area contributed by atoms with Gasteiger partial charge in [-0.2, -0.15) is 0 Å². The first kappa shape index (κ1) is 32.8. The number of fused-ring (bicyclic) bond motifs is 1. The van der Waals surface area contributed by atoms with Gasteiger partial charge in [0.2, 0.25) is 5.91 Å². The topological polar surface area (TPSA) is 81.3 Å². The predicted octanol–water partition coefficient (Wildman–Crippen LogP) is 5.58. The summed E-state index contributed by atoms with van der Waals surface area (Å²) in [6.07, 6.45) is 1.93. The monoisotopic (exact) mass is 615 g/mol. The third-order valence-electron chi connectivity index (χ3n) is 8.82. The Morgan fingerprint density at radius 3 is 2.67 bits per heavy atom. The highest BCUT2D eigenvalue weighted by atomic mass is 16.5. The fourth-order valence-corrected chi connectivity index (χ4v) is 6.47. The number of carbonyl (C=O) groups excluding carboxylic acids is 1. The van der Waals surface area contributed by atoms with Crippen LogP contribution in [0.2, 0.25) is 0 Å². The molecule has 2 aliphatic heterocycles. The quantitative estimate of drug-likeness (QED) is 0.216. The van der Waals surface area contributed by atoms with E-state index in [0.29, 0.717) is 38.9 Å². The Morgan fingerprint density at radius 2 is 1.87 bits per heavy atom. The van der Waals surface area contributed by atoms with E-state index in [0.717, 1.165) is 56.1 Å². The predicted molar refractivity (Wildman–Crippen MR) is 178 cm³/mol. The first-order valence-electron chi connectivity index (χ1n) is 16.2. The molecule has 8 nitrogen and oxygen atoms in total. The van der Waals surface area contributed by atoms with Crippen LogP contribution in [0.15, 0.2) is 66.7 Å². The fourth-order valence-electron chi connectivity index (χ4n) is 6.47. The lowest BCUT2D eigenvalue weighted by molar-refractivity contribution is -0.118. The molecule has 2 heterocycles. The highest BCUT2D eigenvalue weighted by molar-refractivity contribution is 5.73. The van der Waals surface area contributed by atoms with Crippen LogP contribution in [-0.4, -0.2) is 65.1 Å². The third-order valence-corrected chi connectivity index (χ3v) is 8.82. The smallest absolute Gasteiger partial charge is 0.216 e. The maximum absolute atomic E-state index is 11.4. The van der Waals surface area contributed by atoms with Crippen LogP contribution in [0.1, 0.15) is 61.8 Å². The van der Waals surface area contributed by atoms with E-state index >= 15 is 0 Å². The van der Waals surface area contributed by atoms with Crippen molar-refractivity contribution in [3.05, 3.63) is 89.0 Å². The van der Waals surface area contributed by atoms with Gasteiger partial charge >= 0.3 is 0 Å². The highest BCUT2D eigenvalue weighted by Gasteiger charge is 2.35. The van der Waals surface area contributed by atoms with Gasteiger partial charge in [0.25, 0.3) is 0 Å². The van der Waals surface area contributed by atoms with Gasteiger partial charge in [-0.05, 0) is 53.9 Å². The molecule has 242 valence electrons. The number of rotatable bonds is 15. The Labute approximate surface area is 268 Å². The van der Waals surface area contributed by atoms with Crippen molar-refractivity contribution in [3.8, 4) is 11.5 Å². The Kier molecular flexibility index (Phi) is 11.4. The molecule has 0 saturated carbocycles. The van der Waals surface area contributed by atoms with E-state index in [4.69, 9.17) is 18.9 Å². The number of hydrogen-bond acceptors (Lipinski definition) is 7. The molecule has 0 unspecified atom stereocenters. The minimum Gasteiger partial charge on any atom is -0.496 e. The molecule has 5 rings (SSSR count). The minimum absolute atomic E-state index is 0.0100. The van der Waals surface area contributed by atoms with Crippen LogP contribution < -0.4 is 25.0 Å². The van der Waals surface area contributed by atoms with E-state index in [1.54, 1.807) is 14.0 Å². The second-order valence-electron chi connectivity index (χ2n) is 12.7. The molecule has 0 radical (unpaired) electrons. The standard InChI is InChI=1S/C37H49N3O5/c1-27(41)39-18-19-40-26-37(2,3)33-15-10-28(22-34(33)40)24-45-36-23-38-17-16-32(36)29-11-13-31(14-12-29)44-21-7-20-43-25-30-8-5-6-9-35(30)42-4/h5-6,8-15,22,32,36,38H,7,16-21,23-26H2,1-4H3,(H,39,41)/t32-,36+/m1/s1. The van der Waals surface area contributed by atoms with Crippen LogP contribution >= 0.6 is 0 Å². The van der Waals surface area contributed by atoms with Gasteiger partial charge in [-0.3, -0.25) is 4.79 Å². The van der Waals surface area contributed by atoms with Crippen molar-refractivity contribution in [1.29, 1.82) is 0 Å². The summed E-state index contributed by atoms with van der Waals surface area (Å²) in [6.45, 7) is 12.7. The van der Waals surface area contributed by atoms with Gasteiger partial charge in [0, 0.05) is 62.1 Å². The number of carbonyl (C=O) groups is 1. The Balaban J connectivity index is 1.10. The van der Waals surface area contributed by atoms with Crippen LogP contribution in [0, 0.1) is 0 Å². The summed E-state index contributed by atoms with van der Waals surface area (Å²) in [5.74, 6) is 2.06. The summed E-state index contributed by atoms with van der Waals surface area (Å²) in [5.41, 5.74) is 6.20. The SMILES string of the molecule is COc1ccccc1COCCCOc1ccc([C@H]2CCNC[C@@H]2OCc2ccc3c(c2)N(CCNC(C)=O)CC3(C)C)cc1. The van der Waals surface area contributed by atoms with Crippen molar-refractivity contribution in [2.45, 2.75) is 64.3 Å². The molecule has 2 aliphatic rings. The molecule has 1 fully saturated rings. The number of nitrogens with one attached hydrogen (secondary N) is 2. The van der Waals surface area contributed by atoms with Crippen molar-refractivity contribution in [2.24, 2.45) is 0 Å². The van der Waals surface area contributed by atoms with Crippen LogP contribution in [0.25, 0.3) is 0 Å². The maximum Gasteiger partial charge on any atom is 0.216 e. The fraction of sp³-hybridized carbons (Fsp3) is 0.486. The van der Waals surface area contributed by atoms with E-state index < -0.39 is 0 Å². The molecule has 0 bridgehead atoms. The Morgan fingerprint density at radius 1 is 1.04 bits per heavy atom. The summed E-state index contributed by atoms with van der Waals surface area (Å²) < 4.78 is 23.8. The number of ether oxygens (including phenoxy) is 4. The minimum atomic E-state index is 0.0100. The zero-order chi connectivity index (χ0) is 31.6. The van der Waals surface area contributed by atoms with Gasteiger partial charge in [0.15, 0.2) is 0 Å². The van der Waals surface area contributed by atoms with Gasteiger partial charge in [-0.25, -0.2) is 0 Å². The van der Waals surface area contributed by atoms with Crippen molar-refractivity contribution >= 4 is 11.6 Å². The molecular weight excluding hydrogens is 566 g/mol. The van der Waals surface area contributed by atoms with Crippen molar-refractivity contribution in [3.63, 3.8) is 0 Å². The van der Waals surface area contributed by atoms with Crippen molar-refractivity contribution < 1.29 is 23.7 Å². The molecule has 8 heteroatoms. The van der Waals surface area contributed by atoms with Crippen LogP contribution in [0.4, 0.5) is 5.69 Å². The summed E-state index contributed by atoms with van der Waals surface area (Å²) in [6, 6.07) is 23.2. The first-order valence-corrected chi connectivity index (χ1v) is 16.2. The molecule has 1 amide bonds. The molecule has 1 saturated heterocycles. The van der Waals surface area contributed by atoms with Crippen LogP contribution in [0.3, 0.4) is 0 Å². The lowest BCUT2D eigenvalue weighted by Gasteiger charge is -2.32. The third kappa shape index (κ3) is 8.78. The number of anilines is 1. The number of amides is 1. The lowest BCUT2D eigenvalue weighted by atomic mass is 9.86. The molecule has 0 spiro atoms. The van der Waals surface area contributed by atoms with Crippen LogP contribution in [0.5, 0.6) is 11.5 Å². The Hall–Kier alpha value is -3.59.